The zero-order valence-corrected chi connectivity index (χ0v) is 6.43. The normalized spacial score (nSPS) is 16.8. The van der Waals surface area contributed by atoms with Crippen LogP contribution < -0.4 is 5.73 Å². The molecule has 54 valence electrons. The number of hydrogen-bond acceptors (Lipinski definition) is 1. The maximum absolute atomic E-state index is 5.70. The van der Waals surface area contributed by atoms with Crippen LogP contribution in [-0.2, 0) is 0 Å². The number of hydrogen-bond donors (Lipinski definition) is 1. The Labute approximate surface area is 57.9 Å². The van der Waals surface area contributed by atoms with Crippen LogP contribution in [0.15, 0.2) is 12.7 Å². The van der Waals surface area contributed by atoms with E-state index in [1.165, 1.54) is 0 Å². The highest BCUT2D eigenvalue weighted by Gasteiger charge is 2.02. The van der Waals surface area contributed by atoms with Gasteiger partial charge in [-0.25, -0.2) is 0 Å². The van der Waals surface area contributed by atoms with Crippen molar-refractivity contribution in [3.05, 3.63) is 12.7 Å². The Balaban J connectivity index is 3.33. The Morgan fingerprint density at radius 1 is 1.67 bits per heavy atom. The summed E-state index contributed by atoms with van der Waals surface area (Å²) in [5.74, 6) is 0.569. The average Bonchev–Trinajstić information content (AvgIpc) is 1.87. The molecule has 0 aromatic carbocycles. The Morgan fingerprint density at radius 2 is 2.22 bits per heavy atom. The molecule has 2 N–H and O–H groups in total. The van der Waals surface area contributed by atoms with E-state index in [0.29, 0.717) is 12.0 Å². The van der Waals surface area contributed by atoms with E-state index in [1.807, 2.05) is 6.08 Å². The third-order valence-corrected chi connectivity index (χ3v) is 1.60. The van der Waals surface area contributed by atoms with Gasteiger partial charge in [-0.05, 0) is 18.8 Å². The minimum absolute atomic E-state index is 0.359. The van der Waals surface area contributed by atoms with Gasteiger partial charge in [0.15, 0.2) is 0 Å². The van der Waals surface area contributed by atoms with Gasteiger partial charge in [-0.1, -0.05) is 19.9 Å². The van der Waals surface area contributed by atoms with Crippen molar-refractivity contribution in [1.82, 2.24) is 0 Å². The van der Waals surface area contributed by atoms with Gasteiger partial charge >= 0.3 is 0 Å². The fourth-order valence-corrected chi connectivity index (χ4v) is 0.740. The Morgan fingerprint density at radius 3 is 2.56 bits per heavy atom. The van der Waals surface area contributed by atoms with Crippen LogP contribution in [0.4, 0.5) is 0 Å². The van der Waals surface area contributed by atoms with Gasteiger partial charge in [0, 0.05) is 6.04 Å². The summed E-state index contributed by atoms with van der Waals surface area (Å²) in [7, 11) is 0. The van der Waals surface area contributed by atoms with Crippen LogP contribution in [0.2, 0.25) is 0 Å². The minimum atomic E-state index is 0.359. The van der Waals surface area contributed by atoms with Crippen molar-refractivity contribution in [2.75, 3.05) is 0 Å². The highest BCUT2D eigenvalue weighted by Crippen LogP contribution is 2.06. The summed E-state index contributed by atoms with van der Waals surface area (Å²) in [6, 6.07) is 0.359. The minimum Gasteiger partial charge on any atom is -0.328 e. The lowest BCUT2D eigenvalue weighted by molar-refractivity contribution is 0.520. The third-order valence-electron chi connectivity index (χ3n) is 1.60. The topological polar surface area (TPSA) is 26.0 Å². The van der Waals surface area contributed by atoms with Crippen molar-refractivity contribution in [3.63, 3.8) is 0 Å². The first-order valence-corrected chi connectivity index (χ1v) is 3.58. The zero-order valence-electron chi connectivity index (χ0n) is 6.43. The first-order chi connectivity index (χ1) is 4.20. The summed E-state index contributed by atoms with van der Waals surface area (Å²) in [5, 5.41) is 0. The predicted octanol–water partition coefficient (Wildman–Crippen LogP) is 1.94. The van der Waals surface area contributed by atoms with Gasteiger partial charge in [-0.15, -0.1) is 6.58 Å². The molecule has 0 rings (SSSR count). The van der Waals surface area contributed by atoms with E-state index >= 15 is 0 Å². The van der Waals surface area contributed by atoms with Gasteiger partial charge in [-0.3, -0.25) is 0 Å². The van der Waals surface area contributed by atoms with Crippen LogP contribution in [0.5, 0.6) is 0 Å². The summed E-state index contributed by atoms with van der Waals surface area (Å²) >= 11 is 0. The Kier molecular flexibility index (Phi) is 4.41. The Hall–Kier alpha value is -0.300. The van der Waals surface area contributed by atoms with E-state index in [2.05, 4.69) is 20.4 Å². The van der Waals surface area contributed by atoms with Crippen molar-refractivity contribution in [2.45, 2.75) is 32.7 Å². The lowest BCUT2D eigenvalue weighted by atomic mass is 10.0. The monoisotopic (exact) mass is 127 g/mol. The molecule has 2 unspecified atom stereocenters. The highest BCUT2D eigenvalue weighted by molar-refractivity contribution is 4.78. The third kappa shape index (κ3) is 4.22. The van der Waals surface area contributed by atoms with Gasteiger partial charge < -0.3 is 5.73 Å². The van der Waals surface area contributed by atoms with E-state index in [1.54, 1.807) is 0 Å². The molecular weight excluding hydrogens is 110 g/mol. The second-order valence-corrected chi connectivity index (χ2v) is 2.62. The van der Waals surface area contributed by atoms with Crippen molar-refractivity contribution >= 4 is 0 Å². The van der Waals surface area contributed by atoms with Crippen LogP contribution in [0.25, 0.3) is 0 Å². The van der Waals surface area contributed by atoms with Crippen LogP contribution in [0.3, 0.4) is 0 Å². The first-order valence-electron chi connectivity index (χ1n) is 3.58. The quantitative estimate of drug-likeness (QED) is 0.574. The average molecular weight is 127 g/mol. The van der Waals surface area contributed by atoms with Gasteiger partial charge in [0.05, 0.1) is 0 Å². The number of rotatable bonds is 4. The molecule has 0 aromatic rings. The molecule has 0 bridgehead atoms. The zero-order chi connectivity index (χ0) is 7.28. The molecule has 0 aliphatic carbocycles. The summed E-state index contributed by atoms with van der Waals surface area (Å²) in [5.41, 5.74) is 5.70. The molecule has 0 spiro atoms. The molecule has 0 saturated heterocycles. The fraction of sp³-hybridized carbons (Fsp3) is 0.750. The van der Waals surface area contributed by atoms with Gasteiger partial charge in [0.2, 0.25) is 0 Å². The first kappa shape index (κ1) is 8.70. The number of allylic oxidation sites excluding steroid dienone is 1. The van der Waals surface area contributed by atoms with Gasteiger partial charge in [0.1, 0.15) is 0 Å². The molecule has 0 saturated carbocycles. The molecule has 0 aromatic heterocycles. The largest absolute Gasteiger partial charge is 0.328 e. The molecule has 0 fully saturated rings. The molecular formula is C8H17N. The summed E-state index contributed by atoms with van der Waals surface area (Å²) in [4.78, 5) is 0. The number of nitrogens with two attached hydrogens (primary N) is 1. The van der Waals surface area contributed by atoms with Crippen LogP contribution in [-0.4, -0.2) is 6.04 Å². The molecule has 9 heavy (non-hydrogen) atoms. The lowest BCUT2D eigenvalue weighted by Crippen LogP contribution is -2.20. The van der Waals surface area contributed by atoms with E-state index in [4.69, 9.17) is 5.73 Å². The highest BCUT2D eigenvalue weighted by atomic mass is 14.6. The van der Waals surface area contributed by atoms with Crippen LogP contribution >= 0.6 is 0 Å². The smallest absolute Gasteiger partial charge is 0.00417 e. The lowest BCUT2D eigenvalue weighted by Gasteiger charge is -2.10. The molecule has 2 atom stereocenters. The molecule has 0 aliphatic rings. The summed E-state index contributed by atoms with van der Waals surface area (Å²) in [6.07, 6.45) is 4.09. The molecule has 0 heterocycles. The Bertz CT molecular complexity index is 78.6. The van der Waals surface area contributed by atoms with Crippen LogP contribution in [0, 0.1) is 5.92 Å². The SMILES string of the molecule is C=CC(C)CC(N)CC. The molecule has 0 amide bonds. The standard InChI is InChI=1S/C8H17N/c1-4-7(3)6-8(9)5-2/h4,7-8H,1,5-6,9H2,2-3H3. The van der Waals surface area contributed by atoms with Crippen molar-refractivity contribution in [3.8, 4) is 0 Å². The van der Waals surface area contributed by atoms with E-state index < -0.39 is 0 Å². The maximum atomic E-state index is 5.70. The van der Waals surface area contributed by atoms with Crippen molar-refractivity contribution in [1.29, 1.82) is 0 Å². The van der Waals surface area contributed by atoms with Crippen molar-refractivity contribution < 1.29 is 0 Å². The van der Waals surface area contributed by atoms with E-state index in [9.17, 15) is 0 Å². The van der Waals surface area contributed by atoms with E-state index in [0.717, 1.165) is 12.8 Å². The second kappa shape index (κ2) is 4.57. The molecule has 1 nitrogen and oxygen atoms in total. The fourth-order valence-electron chi connectivity index (χ4n) is 0.740. The molecule has 0 radical (unpaired) electrons. The van der Waals surface area contributed by atoms with Crippen LogP contribution in [0.1, 0.15) is 26.7 Å². The summed E-state index contributed by atoms with van der Waals surface area (Å²) in [6.45, 7) is 7.95. The molecule has 1 heteroatoms. The van der Waals surface area contributed by atoms with Gasteiger partial charge in [-0.2, -0.15) is 0 Å². The van der Waals surface area contributed by atoms with Gasteiger partial charge in [0.25, 0.3) is 0 Å². The molecule has 0 aliphatic heterocycles. The summed E-state index contributed by atoms with van der Waals surface area (Å²) < 4.78 is 0. The van der Waals surface area contributed by atoms with Crippen molar-refractivity contribution in [2.24, 2.45) is 11.7 Å². The second-order valence-electron chi connectivity index (χ2n) is 2.62. The maximum Gasteiger partial charge on any atom is 0.00417 e. The van der Waals surface area contributed by atoms with E-state index in [-0.39, 0.29) is 0 Å². The predicted molar refractivity (Wildman–Crippen MR) is 42.2 cm³/mol.